The third-order valence-electron chi connectivity index (χ3n) is 5.13. The Labute approximate surface area is 189 Å². The fraction of sp³-hybridized carbons (Fsp3) is 0.346. The van der Waals surface area contributed by atoms with Crippen LogP contribution in [0.15, 0.2) is 54.6 Å². The molecule has 6 heteroatoms. The number of hydrogen-bond donors (Lipinski definition) is 0. The van der Waals surface area contributed by atoms with Crippen molar-refractivity contribution in [3.05, 3.63) is 71.3 Å². The molecule has 0 N–H and O–H groups in total. The molecule has 1 amide bonds. The molecule has 0 bridgehead atoms. The number of ether oxygens (including phenoxy) is 2. The molecule has 0 aliphatic heterocycles. The van der Waals surface area contributed by atoms with Gasteiger partial charge in [-0.1, -0.05) is 55.2 Å². The van der Waals surface area contributed by atoms with E-state index >= 15 is 0 Å². The Balaban J connectivity index is 2.40. The second kappa shape index (κ2) is 11.7. The summed E-state index contributed by atoms with van der Waals surface area (Å²) in [5, 5.41) is 0. The van der Waals surface area contributed by atoms with Crippen LogP contribution in [0.2, 0.25) is 0 Å². The van der Waals surface area contributed by atoms with Gasteiger partial charge in [-0.2, -0.15) is 0 Å². The number of rotatable bonds is 8. The standard InChI is InChI=1S/C26H29NO5/c1-5-26(3,16-15-20-13-10-14-22(17-20)25(30)31-4)27(19-21-11-8-7-9-12-21)23(28)18-24(29)32-6-2/h7-14,17H,5-6,18-19H2,1-4H3. The third-order valence-corrected chi connectivity index (χ3v) is 5.13. The van der Waals surface area contributed by atoms with Crippen molar-refractivity contribution < 1.29 is 23.9 Å². The molecule has 0 aliphatic rings. The zero-order chi connectivity index (χ0) is 23.6. The van der Waals surface area contributed by atoms with Crippen LogP contribution in [0.3, 0.4) is 0 Å². The van der Waals surface area contributed by atoms with Crippen LogP contribution in [-0.4, -0.2) is 42.0 Å². The van der Waals surface area contributed by atoms with Gasteiger partial charge in [-0.25, -0.2) is 4.79 Å². The van der Waals surface area contributed by atoms with Crippen molar-refractivity contribution in [2.45, 2.75) is 45.7 Å². The lowest BCUT2D eigenvalue weighted by atomic mass is 9.94. The summed E-state index contributed by atoms with van der Waals surface area (Å²) >= 11 is 0. The minimum absolute atomic E-state index is 0.214. The van der Waals surface area contributed by atoms with E-state index in [4.69, 9.17) is 9.47 Å². The maximum atomic E-state index is 13.1. The number of hydrogen-bond acceptors (Lipinski definition) is 5. The van der Waals surface area contributed by atoms with E-state index in [-0.39, 0.29) is 18.9 Å². The second-order valence-electron chi connectivity index (χ2n) is 7.40. The van der Waals surface area contributed by atoms with Gasteiger partial charge in [-0.15, -0.1) is 0 Å². The summed E-state index contributed by atoms with van der Waals surface area (Å²) in [6.07, 6.45) is 0.188. The van der Waals surface area contributed by atoms with Gasteiger partial charge in [0.25, 0.3) is 0 Å². The molecule has 1 atom stereocenters. The molecule has 1 unspecified atom stereocenters. The summed E-state index contributed by atoms with van der Waals surface area (Å²) in [4.78, 5) is 38.5. The predicted molar refractivity (Wildman–Crippen MR) is 122 cm³/mol. The minimum atomic E-state index is -0.847. The largest absolute Gasteiger partial charge is 0.466 e. The first-order valence-corrected chi connectivity index (χ1v) is 10.5. The molecule has 2 aromatic rings. The quantitative estimate of drug-likeness (QED) is 0.356. The minimum Gasteiger partial charge on any atom is -0.466 e. The first-order valence-electron chi connectivity index (χ1n) is 10.5. The molecule has 0 aromatic heterocycles. The number of nitrogens with zero attached hydrogens (tertiary/aromatic N) is 1. The van der Waals surface area contributed by atoms with Crippen molar-refractivity contribution in [1.82, 2.24) is 4.90 Å². The van der Waals surface area contributed by atoms with Crippen molar-refractivity contribution in [1.29, 1.82) is 0 Å². The van der Waals surface area contributed by atoms with Gasteiger partial charge in [0.1, 0.15) is 12.0 Å². The van der Waals surface area contributed by atoms with E-state index in [1.165, 1.54) is 7.11 Å². The fourth-order valence-corrected chi connectivity index (χ4v) is 3.13. The molecular weight excluding hydrogens is 406 g/mol. The van der Waals surface area contributed by atoms with E-state index in [0.29, 0.717) is 24.1 Å². The molecule has 0 fully saturated rings. The van der Waals surface area contributed by atoms with E-state index in [2.05, 4.69) is 11.8 Å². The Morgan fingerprint density at radius 1 is 1.03 bits per heavy atom. The molecule has 0 radical (unpaired) electrons. The fourth-order valence-electron chi connectivity index (χ4n) is 3.13. The molecule has 2 rings (SSSR count). The van der Waals surface area contributed by atoms with Gasteiger partial charge in [0.05, 0.1) is 19.3 Å². The molecular formula is C26H29NO5. The van der Waals surface area contributed by atoms with Crippen molar-refractivity contribution in [3.63, 3.8) is 0 Å². The lowest BCUT2D eigenvalue weighted by molar-refractivity contribution is -0.150. The molecule has 0 spiro atoms. The van der Waals surface area contributed by atoms with Crippen LogP contribution < -0.4 is 0 Å². The summed E-state index contributed by atoms with van der Waals surface area (Å²) < 4.78 is 9.74. The van der Waals surface area contributed by atoms with E-state index in [1.807, 2.05) is 44.2 Å². The Kier molecular flexibility index (Phi) is 9.03. The van der Waals surface area contributed by atoms with E-state index < -0.39 is 17.5 Å². The highest BCUT2D eigenvalue weighted by molar-refractivity contribution is 5.94. The molecule has 0 aliphatic carbocycles. The van der Waals surface area contributed by atoms with Gasteiger partial charge >= 0.3 is 11.9 Å². The SMILES string of the molecule is CCOC(=O)CC(=O)N(Cc1ccccc1)C(C)(C#Cc1cccc(C(=O)OC)c1)CC. The van der Waals surface area contributed by atoms with Crippen LogP contribution in [0.1, 0.15) is 55.1 Å². The average Bonchev–Trinajstić information content (AvgIpc) is 2.81. The summed E-state index contributed by atoms with van der Waals surface area (Å²) in [6.45, 7) is 6.03. The van der Waals surface area contributed by atoms with Gasteiger partial charge in [-0.05, 0) is 44.0 Å². The maximum Gasteiger partial charge on any atom is 0.337 e. The topological polar surface area (TPSA) is 72.9 Å². The molecule has 2 aromatic carbocycles. The van der Waals surface area contributed by atoms with Gasteiger partial charge in [0.15, 0.2) is 0 Å². The van der Waals surface area contributed by atoms with Crippen molar-refractivity contribution in [2.24, 2.45) is 0 Å². The Bertz CT molecular complexity index is 1010. The van der Waals surface area contributed by atoms with Gasteiger partial charge < -0.3 is 14.4 Å². The highest BCUT2D eigenvalue weighted by Crippen LogP contribution is 2.23. The van der Waals surface area contributed by atoms with Crippen LogP contribution in [0.5, 0.6) is 0 Å². The molecule has 0 saturated carbocycles. The van der Waals surface area contributed by atoms with E-state index in [1.54, 1.807) is 36.1 Å². The molecule has 168 valence electrons. The number of carbonyl (C=O) groups is 3. The summed E-state index contributed by atoms with van der Waals surface area (Å²) in [5.74, 6) is 4.93. The Morgan fingerprint density at radius 2 is 1.75 bits per heavy atom. The van der Waals surface area contributed by atoms with Crippen LogP contribution in [-0.2, 0) is 25.6 Å². The van der Waals surface area contributed by atoms with Gasteiger partial charge in [-0.3, -0.25) is 9.59 Å². The Hall–Kier alpha value is -3.59. The highest BCUT2D eigenvalue weighted by atomic mass is 16.5. The Morgan fingerprint density at radius 3 is 2.38 bits per heavy atom. The first kappa shape index (κ1) is 24.7. The number of esters is 2. The second-order valence-corrected chi connectivity index (χ2v) is 7.40. The van der Waals surface area contributed by atoms with E-state index in [9.17, 15) is 14.4 Å². The maximum absolute atomic E-state index is 13.1. The number of benzene rings is 2. The van der Waals surface area contributed by atoms with Crippen LogP contribution in [0, 0.1) is 11.8 Å². The highest BCUT2D eigenvalue weighted by Gasteiger charge is 2.33. The lowest BCUT2D eigenvalue weighted by Crippen LogP contribution is -2.48. The molecule has 0 saturated heterocycles. The normalized spacial score (nSPS) is 12.0. The summed E-state index contributed by atoms with van der Waals surface area (Å²) in [6, 6.07) is 16.4. The average molecular weight is 436 g/mol. The van der Waals surface area contributed by atoms with Crippen LogP contribution in [0.25, 0.3) is 0 Å². The van der Waals surface area contributed by atoms with Crippen LogP contribution >= 0.6 is 0 Å². The lowest BCUT2D eigenvalue weighted by Gasteiger charge is -2.37. The van der Waals surface area contributed by atoms with Crippen molar-refractivity contribution >= 4 is 17.8 Å². The molecule has 32 heavy (non-hydrogen) atoms. The zero-order valence-corrected chi connectivity index (χ0v) is 19.0. The number of methoxy groups -OCH3 is 1. The summed E-state index contributed by atoms with van der Waals surface area (Å²) in [5.41, 5.74) is 1.11. The molecule has 0 heterocycles. The van der Waals surface area contributed by atoms with Gasteiger partial charge in [0.2, 0.25) is 5.91 Å². The first-order chi connectivity index (χ1) is 15.3. The molecule has 6 nitrogen and oxygen atoms in total. The third kappa shape index (κ3) is 6.71. The van der Waals surface area contributed by atoms with Crippen molar-refractivity contribution in [3.8, 4) is 11.8 Å². The summed E-state index contributed by atoms with van der Waals surface area (Å²) in [7, 11) is 1.32. The predicted octanol–water partition coefficient (Wildman–Crippen LogP) is 3.98. The number of amides is 1. The zero-order valence-electron chi connectivity index (χ0n) is 19.0. The smallest absolute Gasteiger partial charge is 0.337 e. The monoisotopic (exact) mass is 435 g/mol. The number of carbonyl (C=O) groups excluding carboxylic acids is 3. The van der Waals surface area contributed by atoms with Crippen molar-refractivity contribution in [2.75, 3.05) is 13.7 Å². The van der Waals surface area contributed by atoms with Gasteiger partial charge in [0, 0.05) is 12.1 Å². The van der Waals surface area contributed by atoms with E-state index in [0.717, 1.165) is 5.56 Å². The van der Waals surface area contributed by atoms with Crippen LogP contribution in [0.4, 0.5) is 0 Å².